The largest absolute Gasteiger partial charge is 0.293 e. The van der Waals surface area contributed by atoms with Crippen LogP contribution in [0.15, 0.2) is 11.4 Å². The Morgan fingerprint density at radius 1 is 1.67 bits per heavy atom. The summed E-state index contributed by atoms with van der Waals surface area (Å²) in [6.45, 7) is 1.54. The Morgan fingerprint density at radius 2 is 2.42 bits per heavy atom. The molecule has 3 nitrogen and oxygen atoms in total. The molecule has 0 saturated heterocycles. The summed E-state index contributed by atoms with van der Waals surface area (Å²) in [4.78, 5) is 12.2. The maximum absolute atomic E-state index is 11.1. The Morgan fingerprint density at radius 3 is 3.08 bits per heavy atom. The second kappa shape index (κ2) is 2.42. The van der Waals surface area contributed by atoms with Crippen LogP contribution in [-0.4, -0.2) is 15.6 Å². The van der Waals surface area contributed by atoms with Gasteiger partial charge in [0.15, 0.2) is 5.78 Å². The fourth-order valence-corrected chi connectivity index (χ4v) is 2.06. The summed E-state index contributed by atoms with van der Waals surface area (Å²) < 4.78 is 1.75. The van der Waals surface area contributed by atoms with Gasteiger partial charge in [0.1, 0.15) is 10.5 Å². The number of hydrogen-bond acceptors (Lipinski definition) is 3. The quantitative estimate of drug-likeness (QED) is 0.627. The Bertz CT molecular complexity index is 441. The summed E-state index contributed by atoms with van der Waals surface area (Å²) in [7, 11) is 1.85. The van der Waals surface area contributed by atoms with Crippen molar-refractivity contribution >= 4 is 27.3 Å². The topological polar surface area (TPSA) is 34.9 Å². The van der Waals surface area contributed by atoms with Gasteiger partial charge in [-0.2, -0.15) is 5.10 Å². The molecule has 0 fully saturated rings. The number of aryl methyl sites for hydroxylation is 1. The zero-order valence-corrected chi connectivity index (χ0v) is 7.68. The highest BCUT2D eigenvalue weighted by Gasteiger charge is 2.12. The van der Waals surface area contributed by atoms with Crippen molar-refractivity contribution in [3.8, 4) is 0 Å². The molecule has 12 heavy (non-hydrogen) atoms. The molecule has 2 aromatic rings. The van der Waals surface area contributed by atoms with E-state index in [9.17, 15) is 4.79 Å². The molecule has 0 aromatic carbocycles. The molecular formula is C8H8N2OS. The lowest BCUT2D eigenvalue weighted by Crippen LogP contribution is -1.96. The molecule has 0 aliphatic heterocycles. The normalized spacial score (nSPS) is 10.8. The highest BCUT2D eigenvalue weighted by Crippen LogP contribution is 2.23. The second-order valence-corrected chi connectivity index (χ2v) is 3.56. The van der Waals surface area contributed by atoms with E-state index in [1.165, 1.54) is 0 Å². The van der Waals surface area contributed by atoms with Gasteiger partial charge in [0.2, 0.25) is 0 Å². The highest BCUT2D eigenvalue weighted by atomic mass is 32.1. The zero-order valence-electron chi connectivity index (χ0n) is 6.87. The molecule has 2 heterocycles. The SMILES string of the molecule is CC(=O)c1nn(C)c2sccc12. The number of carbonyl (C=O) groups excluding carboxylic acids is 1. The molecule has 0 aliphatic rings. The van der Waals surface area contributed by atoms with Crippen LogP contribution in [-0.2, 0) is 7.05 Å². The van der Waals surface area contributed by atoms with Gasteiger partial charge in [0, 0.05) is 19.4 Å². The Labute approximate surface area is 73.6 Å². The first kappa shape index (κ1) is 7.49. The van der Waals surface area contributed by atoms with Crippen molar-refractivity contribution in [2.45, 2.75) is 6.92 Å². The molecule has 0 unspecified atom stereocenters. The lowest BCUT2D eigenvalue weighted by atomic mass is 10.2. The summed E-state index contributed by atoms with van der Waals surface area (Å²) in [5.41, 5.74) is 0.578. The van der Waals surface area contributed by atoms with Crippen LogP contribution >= 0.6 is 11.3 Å². The molecule has 0 aliphatic carbocycles. The number of ketones is 1. The van der Waals surface area contributed by atoms with Crippen LogP contribution in [0, 0.1) is 0 Å². The van der Waals surface area contributed by atoms with Crippen LogP contribution in [0.2, 0.25) is 0 Å². The minimum atomic E-state index is 0.0269. The van der Waals surface area contributed by atoms with Gasteiger partial charge in [-0.1, -0.05) is 0 Å². The van der Waals surface area contributed by atoms with Gasteiger partial charge >= 0.3 is 0 Å². The van der Waals surface area contributed by atoms with Crippen LogP contribution in [0.4, 0.5) is 0 Å². The first-order chi connectivity index (χ1) is 5.70. The lowest BCUT2D eigenvalue weighted by Gasteiger charge is -1.86. The number of rotatable bonds is 1. The molecule has 0 radical (unpaired) electrons. The molecule has 0 bridgehead atoms. The van der Waals surface area contributed by atoms with Crippen molar-refractivity contribution in [1.82, 2.24) is 9.78 Å². The first-order valence-corrected chi connectivity index (χ1v) is 4.49. The van der Waals surface area contributed by atoms with E-state index in [-0.39, 0.29) is 5.78 Å². The third-order valence-electron chi connectivity index (χ3n) is 1.78. The van der Waals surface area contributed by atoms with Gasteiger partial charge in [-0.3, -0.25) is 9.48 Å². The Kier molecular flexibility index (Phi) is 1.51. The molecule has 0 amide bonds. The molecule has 0 saturated carbocycles. The highest BCUT2D eigenvalue weighted by molar-refractivity contribution is 7.16. The van der Waals surface area contributed by atoms with E-state index in [4.69, 9.17) is 0 Å². The van der Waals surface area contributed by atoms with Crippen LogP contribution in [0.1, 0.15) is 17.4 Å². The summed E-state index contributed by atoms with van der Waals surface area (Å²) >= 11 is 1.60. The maximum Gasteiger partial charge on any atom is 0.180 e. The van der Waals surface area contributed by atoms with Crippen molar-refractivity contribution in [1.29, 1.82) is 0 Å². The summed E-state index contributed by atoms with van der Waals surface area (Å²) in [5.74, 6) is 0.0269. The number of carbonyl (C=O) groups is 1. The van der Waals surface area contributed by atoms with E-state index in [2.05, 4.69) is 5.10 Å². The Balaban J connectivity index is 2.83. The van der Waals surface area contributed by atoms with Crippen molar-refractivity contribution in [2.75, 3.05) is 0 Å². The summed E-state index contributed by atoms with van der Waals surface area (Å²) in [5, 5.41) is 7.07. The molecule has 4 heteroatoms. The fraction of sp³-hybridized carbons (Fsp3) is 0.250. The summed E-state index contributed by atoms with van der Waals surface area (Å²) in [6.07, 6.45) is 0. The third kappa shape index (κ3) is 0.881. The van der Waals surface area contributed by atoms with Gasteiger partial charge in [0.05, 0.1) is 0 Å². The lowest BCUT2D eigenvalue weighted by molar-refractivity contribution is 0.101. The van der Waals surface area contributed by atoms with Crippen molar-refractivity contribution < 1.29 is 4.79 Å². The van der Waals surface area contributed by atoms with Gasteiger partial charge in [-0.25, -0.2) is 0 Å². The number of nitrogens with zero attached hydrogens (tertiary/aromatic N) is 2. The van der Waals surface area contributed by atoms with Crippen molar-refractivity contribution in [2.24, 2.45) is 7.05 Å². The fourth-order valence-electron chi connectivity index (χ4n) is 1.24. The average Bonchev–Trinajstić information content (AvgIpc) is 2.53. The van der Waals surface area contributed by atoms with Gasteiger partial charge < -0.3 is 0 Å². The van der Waals surface area contributed by atoms with Gasteiger partial charge in [-0.05, 0) is 11.4 Å². The van der Waals surface area contributed by atoms with Crippen molar-refractivity contribution in [3.05, 3.63) is 17.1 Å². The second-order valence-electron chi connectivity index (χ2n) is 2.67. The zero-order chi connectivity index (χ0) is 8.72. The molecule has 0 N–H and O–H groups in total. The van der Waals surface area contributed by atoms with E-state index >= 15 is 0 Å². The molecule has 0 spiro atoms. The van der Waals surface area contributed by atoms with E-state index < -0.39 is 0 Å². The van der Waals surface area contributed by atoms with Crippen molar-refractivity contribution in [3.63, 3.8) is 0 Å². The van der Waals surface area contributed by atoms with Crippen LogP contribution < -0.4 is 0 Å². The van der Waals surface area contributed by atoms with E-state index in [0.29, 0.717) is 5.69 Å². The third-order valence-corrected chi connectivity index (χ3v) is 2.76. The van der Waals surface area contributed by atoms with Crippen LogP contribution in [0.3, 0.4) is 0 Å². The predicted octanol–water partition coefficient (Wildman–Crippen LogP) is 1.84. The molecule has 2 aromatic heterocycles. The number of fused-ring (bicyclic) bond motifs is 1. The predicted molar refractivity (Wildman–Crippen MR) is 48.6 cm³/mol. The molecule has 62 valence electrons. The molecule has 2 rings (SSSR count). The number of aromatic nitrogens is 2. The smallest absolute Gasteiger partial charge is 0.180 e. The van der Waals surface area contributed by atoms with E-state index in [0.717, 1.165) is 10.2 Å². The van der Waals surface area contributed by atoms with E-state index in [1.807, 2.05) is 18.5 Å². The monoisotopic (exact) mass is 180 g/mol. The van der Waals surface area contributed by atoms with Crippen LogP contribution in [0.5, 0.6) is 0 Å². The van der Waals surface area contributed by atoms with E-state index in [1.54, 1.807) is 22.9 Å². The summed E-state index contributed by atoms with van der Waals surface area (Å²) in [6, 6.07) is 1.93. The number of hydrogen-bond donors (Lipinski definition) is 0. The van der Waals surface area contributed by atoms with Gasteiger partial charge in [0.25, 0.3) is 0 Å². The maximum atomic E-state index is 11.1. The number of thiophene rings is 1. The Hall–Kier alpha value is -1.16. The number of Topliss-reactive ketones (excluding diaryl/α,β-unsaturated/α-hetero) is 1. The first-order valence-electron chi connectivity index (χ1n) is 3.61. The molecule has 0 atom stereocenters. The molecular weight excluding hydrogens is 172 g/mol. The standard InChI is InChI=1S/C8H8N2OS/c1-5(11)7-6-3-4-12-8(6)10(2)9-7/h3-4H,1-2H3. The minimum Gasteiger partial charge on any atom is -0.293 e. The van der Waals surface area contributed by atoms with Gasteiger partial charge in [-0.15, -0.1) is 11.3 Å². The minimum absolute atomic E-state index is 0.0269. The van der Waals surface area contributed by atoms with Crippen LogP contribution in [0.25, 0.3) is 10.2 Å². The average molecular weight is 180 g/mol.